The van der Waals surface area contributed by atoms with Gasteiger partial charge in [-0.1, -0.05) is 19.3 Å². The monoisotopic (exact) mass is 357 g/mol. The lowest BCUT2D eigenvalue weighted by Crippen LogP contribution is -2.33. The number of nitrogens with one attached hydrogen (secondary N) is 1. The summed E-state index contributed by atoms with van der Waals surface area (Å²) in [7, 11) is 0. The van der Waals surface area contributed by atoms with Crippen LogP contribution in [0.3, 0.4) is 0 Å². The average Bonchev–Trinajstić information content (AvgIpc) is 3.30. The quantitative estimate of drug-likeness (QED) is 0.705. The maximum atomic E-state index is 9.47. The van der Waals surface area contributed by atoms with Crippen molar-refractivity contribution in [2.24, 2.45) is 5.41 Å². The Morgan fingerprint density at radius 1 is 1.16 bits per heavy atom. The molecule has 3 heterocycles. The Kier molecular flexibility index (Phi) is 4.67. The van der Waals surface area contributed by atoms with Gasteiger partial charge in [0.05, 0.1) is 0 Å². The molecule has 1 fully saturated rings. The third-order valence-electron chi connectivity index (χ3n) is 5.24. The third-order valence-corrected chi connectivity index (χ3v) is 5.93. The van der Waals surface area contributed by atoms with Crippen molar-refractivity contribution in [3.63, 3.8) is 0 Å². The summed E-state index contributed by atoms with van der Waals surface area (Å²) in [5.41, 5.74) is 1.97. The average molecular weight is 357 g/mol. The fourth-order valence-electron chi connectivity index (χ4n) is 3.79. The number of rotatable bonds is 6. The zero-order chi connectivity index (χ0) is 17.1. The molecule has 1 aliphatic carbocycles. The van der Waals surface area contributed by atoms with Gasteiger partial charge in [0.15, 0.2) is 11.5 Å². The van der Waals surface area contributed by atoms with Gasteiger partial charge in [-0.3, -0.25) is 0 Å². The lowest BCUT2D eigenvalue weighted by Gasteiger charge is -2.37. The van der Waals surface area contributed by atoms with Gasteiger partial charge in [0.25, 0.3) is 0 Å². The summed E-state index contributed by atoms with van der Waals surface area (Å²) in [6.45, 7) is 1.10. The Morgan fingerprint density at radius 3 is 2.80 bits per heavy atom. The van der Waals surface area contributed by atoms with E-state index < -0.39 is 0 Å². The molecule has 0 bridgehead atoms. The maximum Gasteiger partial charge on any atom is 0.186 e. The highest BCUT2D eigenvalue weighted by atomic mass is 32.1. The summed E-state index contributed by atoms with van der Waals surface area (Å²) in [5, 5.41) is 30.2. The SMILES string of the molecule is OCCC1(CNc2ccc3nnc(-c4ccsc4)n3n2)CCCCC1. The van der Waals surface area contributed by atoms with E-state index in [0.717, 1.165) is 35.8 Å². The van der Waals surface area contributed by atoms with Crippen LogP contribution >= 0.6 is 11.3 Å². The molecular formula is C18H23N5OS. The standard InChI is InChI=1S/C18H23N5OS/c24-10-9-18(7-2-1-3-8-18)13-19-15-4-5-16-20-21-17(23(16)22-15)14-6-11-25-12-14/h4-6,11-12,24H,1-3,7-10,13H2,(H,19,22). The summed E-state index contributed by atoms with van der Waals surface area (Å²) < 4.78 is 1.80. The van der Waals surface area contributed by atoms with Gasteiger partial charge in [0.2, 0.25) is 0 Å². The van der Waals surface area contributed by atoms with Gasteiger partial charge in [-0.25, -0.2) is 0 Å². The van der Waals surface area contributed by atoms with Crippen molar-refractivity contribution in [3.05, 3.63) is 29.0 Å². The number of hydrogen-bond acceptors (Lipinski definition) is 6. The Balaban J connectivity index is 1.56. The molecule has 0 radical (unpaired) electrons. The summed E-state index contributed by atoms with van der Waals surface area (Å²) in [5.74, 6) is 1.59. The van der Waals surface area contributed by atoms with Crippen LogP contribution in [0.2, 0.25) is 0 Å². The minimum Gasteiger partial charge on any atom is -0.396 e. The second-order valence-electron chi connectivity index (χ2n) is 6.91. The van der Waals surface area contributed by atoms with Crippen LogP contribution in [0.5, 0.6) is 0 Å². The zero-order valence-electron chi connectivity index (χ0n) is 14.2. The van der Waals surface area contributed by atoms with Gasteiger partial charge in [0, 0.05) is 24.1 Å². The van der Waals surface area contributed by atoms with E-state index in [1.807, 2.05) is 23.6 Å². The van der Waals surface area contributed by atoms with E-state index in [1.165, 1.54) is 32.1 Å². The van der Waals surface area contributed by atoms with Crippen LogP contribution in [0.1, 0.15) is 38.5 Å². The number of aliphatic hydroxyl groups excluding tert-OH is 1. The molecule has 3 aromatic heterocycles. The Morgan fingerprint density at radius 2 is 2.04 bits per heavy atom. The molecule has 132 valence electrons. The summed E-state index contributed by atoms with van der Waals surface area (Å²) >= 11 is 1.64. The van der Waals surface area contributed by atoms with Crippen LogP contribution in [0.15, 0.2) is 29.0 Å². The molecular weight excluding hydrogens is 334 g/mol. The van der Waals surface area contributed by atoms with Crippen LogP contribution in [0.4, 0.5) is 5.82 Å². The molecule has 0 spiro atoms. The molecule has 0 amide bonds. The highest BCUT2D eigenvalue weighted by Crippen LogP contribution is 2.39. The summed E-state index contributed by atoms with van der Waals surface area (Å²) in [4.78, 5) is 0. The molecule has 0 aromatic carbocycles. The van der Waals surface area contributed by atoms with Crippen molar-refractivity contribution in [1.82, 2.24) is 19.8 Å². The molecule has 7 heteroatoms. The molecule has 6 nitrogen and oxygen atoms in total. The van der Waals surface area contributed by atoms with Crippen molar-refractivity contribution in [3.8, 4) is 11.4 Å². The predicted octanol–water partition coefficient (Wildman–Crippen LogP) is 3.60. The molecule has 0 saturated heterocycles. The molecule has 25 heavy (non-hydrogen) atoms. The van der Waals surface area contributed by atoms with E-state index in [-0.39, 0.29) is 12.0 Å². The molecule has 1 aliphatic rings. The Bertz CT molecular complexity index is 818. The van der Waals surface area contributed by atoms with Crippen LogP contribution in [0, 0.1) is 5.41 Å². The van der Waals surface area contributed by atoms with Gasteiger partial charge >= 0.3 is 0 Å². The molecule has 0 atom stereocenters. The molecule has 0 aliphatic heterocycles. The first-order valence-electron chi connectivity index (χ1n) is 8.89. The Labute approximate surface area is 150 Å². The summed E-state index contributed by atoms with van der Waals surface area (Å²) in [6, 6.07) is 5.93. The number of aromatic nitrogens is 4. The second-order valence-corrected chi connectivity index (χ2v) is 7.69. The highest BCUT2D eigenvalue weighted by molar-refractivity contribution is 7.08. The van der Waals surface area contributed by atoms with Crippen LogP contribution in [-0.4, -0.2) is 38.1 Å². The number of fused-ring (bicyclic) bond motifs is 1. The van der Waals surface area contributed by atoms with Crippen molar-refractivity contribution >= 4 is 22.8 Å². The molecule has 4 rings (SSSR count). The zero-order valence-corrected chi connectivity index (χ0v) is 15.0. The van der Waals surface area contributed by atoms with Crippen molar-refractivity contribution in [1.29, 1.82) is 0 Å². The number of nitrogens with zero attached hydrogens (tertiary/aromatic N) is 4. The van der Waals surface area contributed by atoms with Crippen molar-refractivity contribution in [2.45, 2.75) is 38.5 Å². The van der Waals surface area contributed by atoms with Crippen LogP contribution < -0.4 is 5.32 Å². The van der Waals surface area contributed by atoms with Crippen LogP contribution in [-0.2, 0) is 0 Å². The number of thiophene rings is 1. The molecule has 3 aromatic rings. The van der Waals surface area contributed by atoms with Crippen molar-refractivity contribution in [2.75, 3.05) is 18.5 Å². The molecule has 1 saturated carbocycles. The first-order chi connectivity index (χ1) is 12.3. The molecule has 2 N–H and O–H groups in total. The number of hydrogen-bond donors (Lipinski definition) is 2. The highest BCUT2D eigenvalue weighted by Gasteiger charge is 2.31. The van der Waals surface area contributed by atoms with E-state index in [0.29, 0.717) is 0 Å². The maximum absolute atomic E-state index is 9.47. The fraction of sp³-hybridized carbons (Fsp3) is 0.500. The second kappa shape index (κ2) is 7.09. The predicted molar refractivity (Wildman–Crippen MR) is 99.8 cm³/mol. The largest absolute Gasteiger partial charge is 0.396 e. The Hall–Kier alpha value is -1.99. The normalized spacial score (nSPS) is 17.0. The van der Waals surface area contributed by atoms with E-state index >= 15 is 0 Å². The van der Waals surface area contributed by atoms with E-state index in [1.54, 1.807) is 15.9 Å². The smallest absolute Gasteiger partial charge is 0.186 e. The minimum atomic E-state index is 0.188. The summed E-state index contributed by atoms with van der Waals surface area (Å²) in [6.07, 6.45) is 7.02. The first-order valence-corrected chi connectivity index (χ1v) is 9.84. The van der Waals surface area contributed by atoms with E-state index in [2.05, 4.69) is 26.0 Å². The number of anilines is 1. The van der Waals surface area contributed by atoms with Crippen LogP contribution in [0.25, 0.3) is 17.0 Å². The van der Waals surface area contributed by atoms with Gasteiger partial charge in [-0.15, -0.1) is 15.3 Å². The molecule has 0 unspecified atom stereocenters. The van der Waals surface area contributed by atoms with Crippen molar-refractivity contribution < 1.29 is 5.11 Å². The van der Waals surface area contributed by atoms with Gasteiger partial charge < -0.3 is 10.4 Å². The van der Waals surface area contributed by atoms with E-state index in [4.69, 9.17) is 0 Å². The lowest BCUT2D eigenvalue weighted by molar-refractivity contribution is 0.141. The number of aliphatic hydroxyl groups is 1. The first kappa shape index (κ1) is 16.5. The fourth-order valence-corrected chi connectivity index (χ4v) is 4.42. The minimum absolute atomic E-state index is 0.188. The topological polar surface area (TPSA) is 75.3 Å². The van der Waals surface area contributed by atoms with Gasteiger partial charge in [-0.2, -0.15) is 15.9 Å². The third kappa shape index (κ3) is 3.39. The lowest BCUT2D eigenvalue weighted by atomic mass is 9.72. The van der Waals surface area contributed by atoms with Gasteiger partial charge in [-0.05, 0) is 48.3 Å². The van der Waals surface area contributed by atoms with E-state index in [9.17, 15) is 5.11 Å². The van der Waals surface area contributed by atoms with Gasteiger partial charge in [0.1, 0.15) is 5.82 Å².